The summed E-state index contributed by atoms with van der Waals surface area (Å²) < 4.78 is 0. The average molecular weight is 348 g/mol. The van der Waals surface area contributed by atoms with Crippen LogP contribution in [0.5, 0.6) is 0 Å². The normalized spacial score (nSPS) is 10.6. The molecule has 0 unspecified atom stereocenters. The number of nitro benzene ring substituents is 1. The third-order valence-corrected chi connectivity index (χ3v) is 4.36. The van der Waals surface area contributed by atoms with Gasteiger partial charge in [-0.15, -0.1) is 0 Å². The predicted octanol–water partition coefficient (Wildman–Crippen LogP) is 6.02. The van der Waals surface area contributed by atoms with Gasteiger partial charge in [0.15, 0.2) is 0 Å². The molecule has 1 N–H and O–H groups in total. The van der Waals surface area contributed by atoms with Crippen molar-refractivity contribution in [2.75, 3.05) is 5.32 Å². The summed E-state index contributed by atoms with van der Waals surface area (Å²) in [5.41, 5.74) is 1.25. The van der Waals surface area contributed by atoms with Crippen molar-refractivity contribution in [1.29, 1.82) is 0 Å². The number of benzene rings is 1. The zero-order chi connectivity index (χ0) is 18.5. The first-order valence-corrected chi connectivity index (χ1v) is 9.65. The molecular formula is C20H32N2O3. The summed E-state index contributed by atoms with van der Waals surface area (Å²) in [6.45, 7) is 4.31. The molecule has 0 aliphatic carbocycles. The maximum atomic E-state index is 12.0. The van der Waals surface area contributed by atoms with Crippen molar-refractivity contribution in [3.05, 3.63) is 33.9 Å². The van der Waals surface area contributed by atoms with E-state index >= 15 is 0 Å². The lowest BCUT2D eigenvalue weighted by atomic mass is 10.1. The van der Waals surface area contributed by atoms with Crippen LogP contribution in [0, 0.1) is 10.1 Å². The van der Waals surface area contributed by atoms with Crippen molar-refractivity contribution in [3.8, 4) is 0 Å². The minimum absolute atomic E-state index is 0.00899. The van der Waals surface area contributed by atoms with Gasteiger partial charge in [0, 0.05) is 12.5 Å². The Morgan fingerprint density at radius 1 is 1.00 bits per heavy atom. The van der Waals surface area contributed by atoms with E-state index < -0.39 is 4.92 Å². The molecule has 1 aromatic rings. The molecule has 5 nitrogen and oxygen atoms in total. The molecule has 0 aromatic heterocycles. The molecule has 0 aliphatic rings. The van der Waals surface area contributed by atoms with Crippen molar-refractivity contribution < 1.29 is 9.72 Å². The molecule has 0 radical (unpaired) electrons. The van der Waals surface area contributed by atoms with Gasteiger partial charge in [-0.1, -0.05) is 64.9 Å². The van der Waals surface area contributed by atoms with Crippen LogP contribution in [0.4, 0.5) is 11.4 Å². The van der Waals surface area contributed by atoms with Gasteiger partial charge in [0.1, 0.15) is 5.69 Å². The number of carbonyl (C=O) groups excluding carboxylic acids is 1. The second kappa shape index (κ2) is 12.5. The van der Waals surface area contributed by atoms with Crippen LogP contribution in [0.3, 0.4) is 0 Å². The van der Waals surface area contributed by atoms with Gasteiger partial charge >= 0.3 is 0 Å². The third-order valence-electron chi connectivity index (χ3n) is 4.36. The van der Waals surface area contributed by atoms with E-state index in [1.54, 1.807) is 12.1 Å². The highest BCUT2D eigenvalue weighted by molar-refractivity contribution is 5.93. The number of hydrogen-bond acceptors (Lipinski definition) is 3. The molecule has 0 heterocycles. The average Bonchev–Trinajstić information content (AvgIpc) is 2.59. The Balaban J connectivity index is 2.52. The van der Waals surface area contributed by atoms with Crippen LogP contribution in [0.25, 0.3) is 0 Å². The minimum atomic E-state index is -0.413. The highest BCUT2D eigenvalue weighted by atomic mass is 16.6. The Morgan fingerprint density at radius 2 is 1.64 bits per heavy atom. The quantitative estimate of drug-likeness (QED) is 0.269. The van der Waals surface area contributed by atoms with Crippen LogP contribution in [0.1, 0.15) is 83.6 Å². The number of carbonyl (C=O) groups is 1. The fourth-order valence-electron chi connectivity index (χ4n) is 2.85. The van der Waals surface area contributed by atoms with Gasteiger partial charge in [0.05, 0.1) is 4.92 Å². The lowest BCUT2D eigenvalue weighted by Gasteiger charge is -2.08. The Kier molecular flexibility index (Phi) is 10.5. The van der Waals surface area contributed by atoms with Crippen LogP contribution in [-0.2, 0) is 11.2 Å². The SMILES string of the molecule is CCCCCCCCC(=O)Nc1ccc(CCCCC)cc1[N+](=O)[O-]. The molecule has 0 aliphatic heterocycles. The second-order valence-corrected chi connectivity index (χ2v) is 6.63. The third kappa shape index (κ3) is 8.66. The first-order valence-electron chi connectivity index (χ1n) is 9.65. The molecule has 1 aromatic carbocycles. The van der Waals surface area contributed by atoms with Gasteiger partial charge in [-0.3, -0.25) is 14.9 Å². The van der Waals surface area contributed by atoms with E-state index in [0.29, 0.717) is 12.1 Å². The monoisotopic (exact) mass is 348 g/mol. The molecule has 5 heteroatoms. The van der Waals surface area contributed by atoms with Crippen LogP contribution < -0.4 is 5.32 Å². The van der Waals surface area contributed by atoms with E-state index in [1.807, 2.05) is 6.07 Å². The number of nitrogens with zero attached hydrogens (tertiary/aromatic N) is 1. The molecule has 1 amide bonds. The molecule has 140 valence electrons. The fraction of sp³-hybridized carbons (Fsp3) is 0.650. The van der Waals surface area contributed by atoms with Crippen molar-refractivity contribution >= 4 is 17.3 Å². The highest BCUT2D eigenvalue weighted by Gasteiger charge is 2.16. The number of unbranched alkanes of at least 4 members (excludes halogenated alkanes) is 7. The molecule has 25 heavy (non-hydrogen) atoms. The van der Waals surface area contributed by atoms with Gasteiger partial charge in [-0.05, 0) is 30.9 Å². The Bertz CT molecular complexity index is 544. The summed E-state index contributed by atoms with van der Waals surface area (Å²) in [4.78, 5) is 22.9. The Hall–Kier alpha value is -1.91. The molecule has 0 saturated heterocycles. The van der Waals surface area contributed by atoms with E-state index in [4.69, 9.17) is 0 Å². The summed E-state index contributed by atoms with van der Waals surface area (Å²) >= 11 is 0. The summed E-state index contributed by atoms with van der Waals surface area (Å²) in [5.74, 6) is -0.141. The first kappa shape index (κ1) is 21.1. The predicted molar refractivity (Wildman–Crippen MR) is 103 cm³/mol. The van der Waals surface area contributed by atoms with Gasteiger partial charge in [0.25, 0.3) is 5.69 Å². The standard InChI is InChI=1S/C20H32N2O3/c1-3-5-7-8-9-11-13-20(23)21-18-15-14-17(12-10-6-4-2)16-19(18)22(24)25/h14-16H,3-13H2,1-2H3,(H,21,23). The smallest absolute Gasteiger partial charge is 0.293 e. The van der Waals surface area contributed by atoms with Crippen LogP contribution >= 0.6 is 0 Å². The topological polar surface area (TPSA) is 72.2 Å². The number of rotatable bonds is 13. The maximum absolute atomic E-state index is 12.0. The van der Waals surface area contributed by atoms with Crippen molar-refractivity contribution in [2.24, 2.45) is 0 Å². The molecule has 0 atom stereocenters. The zero-order valence-corrected chi connectivity index (χ0v) is 15.7. The van der Waals surface area contributed by atoms with E-state index in [-0.39, 0.29) is 11.6 Å². The zero-order valence-electron chi connectivity index (χ0n) is 15.7. The Morgan fingerprint density at radius 3 is 2.32 bits per heavy atom. The summed E-state index contributed by atoms with van der Waals surface area (Å²) in [7, 11) is 0. The lowest BCUT2D eigenvalue weighted by molar-refractivity contribution is -0.384. The van der Waals surface area contributed by atoms with E-state index in [9.17, 15) is 14.9 Å². The Labute approximate surface area is 151 Å². The van der Waals surface area contributed by atoms with Gasteiger partial charge < -0.3 is 5.32 Å². The van der Waals surface area contributed by atoms with E-state index in [1.165, 1.54) is 19.3 Å². The molecule has 0 spiro atoms. The number of hydrogen-bond donors (Lipinski definition) is 1. The summed E-state index contributed by atoms with van der Waals surface area (Å²) in [6, 6.07) is 5.14. The van der Waals surface area contributed by atoms with Gasteiger partial charge in [0.2, 0.25) is 5.91 Å². The van der Waals surface area contributed by atoms with Crippen LogP contribution in [0.15, 0.2) is 18.2 Å². The lowest BCUT2D eigenvalue weighted by Crippen LogP contribution is -2.12. The second-order valence-electron chi connectivity index (χ2n) is 6.63. The van der Waals surface area contributed by atoms with E-state index in [0.717, 1.165) is 50.5 Å². The molecule has 0 bridgehead atoms. The van der Waals surface area contributed by atoms with E-state index in [2.05, 4.69) is 19.2 Å². The number of aryl methyl sites for hydroxylation is 1. The molecule has 0 fully saturated rings. The number of nitro groups is 1. The van der Waals surface area contributed by atoms with Crippen molar-refractivity contribution in [2.45, 2.75) is 84.5 Å². The molecule has 0 saturated carbocycles. The largest absolute Gasteiger partial charge is 0.320 e. The first-order chi connectivity index (χ1) is 12.1. The number of anilines is 1. The van der Waals surface area contributed by atoms with Crippen molar-refractivity contribution in [3.63, 3.8) is 0 Å². The summed E-state index contributed by atoms with van der Waals surface area (Å²) in [6.07, 6.45) is 11.2. The fourth-order valence-corrected chi connectivity index (χ4v) is 2.85. The highest BCUT2D eigenvalue weighted by Crippen LogP contribution is 2.26. The molecular weight excluding hydrogens is 316 g/mol. The minimum Gasteiger partial charge on any atom is -0.320 e. The van der Waals surface area contributed by atoms with Gasteiger partial charge in [-0.25, -0.2) is 0 Å². The van der Waals surface area contributed by atoms with Gasteiger partial charge in [-0.2, -0.15) is 0 Å². The van der Waals surface area contributed by atoms with Crippen LogP contribution in [-0.4, -0.2) is 10.8 Å². The van der Waals surface area contributed by atoms with Crippen LogP contribution in [0.2, 0.25) is 0 Å². The summed E-state index contributed by atoms with van der Waals surface area (Å²) in [5, 5.41) is 14.0. The maximum Gasteiger partial charge on any atom is 0.293 e. The number of nitrogens with one attached hydrogen (secondary N) is 1. The number of amides is 1. The van der Waals surface area contributed by atoms with Crippen molar-refractivity contribution in [1.82, 2.24) is 0 Å². The molecule has 1 rings (SSSR count).